The second-order valence-corrected chi connectivity index (χ2v) is 45.2. The number of rotatable bonds is 23. The van der Waals surface area contributed by atoms with E-state index < -0.39 is 33.3 Å². The first-order chi connectivity index (χ1) is 29.6. The summed E-state index contributed by atoms with van der Waals surface area (Å²) in [4.78, 5) is 0. The Labute approximate surface area is 448 Å². The van der Waals surface area contributed by atoms with E-state index >= 15 is 0 Å². The molecule has 67 heavy (non-hydrogen) atoms. The third kappa shape index (κ3) is 12.2. The molecule has 378 valence electrons. The Balaban J connectivity index is 0.00000748. The molecule has 0 radical (unpaired) electrons. The quantitative estimate of drug-likeness (QED) is 0.0548. The molecule has 11 heteroatoms. The summed E-state index contributed by atoms with van der Waals surface area (Å²) >= 11 is 0. The van der Waals surface area contributed by atoms with Gasteiger partial charge in [0.05, 0.1) is 11.5 Å². The normalized spacial score (nSPS) is 13.3. The summed E-state index contributed by atoms with van der Waals surface area (Å²) in [5.74, 6) is 4.13. The van der Waals surface area contributed by atoms with Gasteiger partial charge in [0.2, 0.25) is 16.6 Å². The van der Waals surface area contributed by atoms with Crippen LogP contribution >= 0.6 is 0 Å². The Morgan fingerprint density at radius 1 is 0.328 bits per heavy atom. The largest absolute Gasteiger partial charge is 4.00 e. The molecule has 0 aromatic heterocycles. The number of hydrogen-bond acceptors (Lipinski definition) is 4. The summed E-state index contributed by atoms with van der Waals surface area (Å²) < 4.78 is 30.1. The van der Waals surface area contributed by atoms with Gasteiger partial charge in [-0.15, -0.1) is 34.0 Å². The molecule has 0 saturated heterocycles. The number of aryl methyl sites for hydroxylation is 2. The maximum absolute atomic E-state index is 7.52. The van der Waals surface area contributed by atoms with Crippen molar-refractivity contribution in [2.75, 3.05) is 0 Å². The maximum Gasteiger partial charge on any atom is 4.00 e. The molecule has 0 N–H and O–H groups in total. The van der Waals surface area contributed by atoms with Crippen molar-refractivity contribution in [1.29, 1.82) is 0 Å². The summed E-state index contributed by atoms with van der Waals surface area (Å²) in [5.41, 5.74) is 8.44. The van der Waals surface area contributed by atoms with E-state index in [4.69, 9.17) is 17.7 Å². The molecule has 0 bridgehead atoms. The monoisotopic (exact) mass is 1100 g/mol. The summed E-state index contributed by atoms with van der Waals surface area (Å²) in [6, 6.07) is 18.8. The fourth-order valence-electron chi connectivity index (χ4n) is 13.7. The van der Waals surface area contributed by atoms with Crippen LogP contribution in [0.4, 0.5) is 0 Å². The van der Waals surface area contributed by atoms with Gasteiger partial charge in [-0.05, 0) is 91.5 Å². The van der Waals surface area contributed by atoms with Gasteiger partial charge in [-0.25, -0.2) is 0 Å². The van der Waals surface area contributed by atoms with Crippen molar-refractivity contribution < 1.29 is 68.7 Å². The topological polar surface area (TPSA) is 36.9 Å². The zero-order valence-corrected chi connectivity index (χ0v) is 54.8. The molecule has 0 aliphatic heterocycles. The number of hydrogen-bond donors (Lipinski definition) is 0. The molecule has 0 spiro atoms. The van der Waals surface area contributed by atoms with Crippen molar-refractivity contribution in [2.45, 2.75) is 246 Å². The minimum atomic E-state index is -2.22. The molecule has 0 aliphatic carbocycles. The Bertz CT molecular complexity index is 1750. The Morgan fingerprint density at radius 2 is 0.507 bits per heavy atom. The van der Waals surface area contributed by atoms with Crippen molar-refractivity contribution >= 4 is 54.8 Å². The van der Waals surface area contributed by atoms with Crippen LogP contribution in [0.1, 0.15) is 177 Å². The molecule has 0 atom stereocenters. The number of benzene rings is 2. The van der Waals surface area contributed by atoms with Gasteiger partial charge in [0.15, 0.2) is 0 Å². The second-order valence-electron chi connectivity index (χ2n) is 23.7. The van der Waals surface area contributed by atoms with E-state index in [2.05, 4.69) is 215 Å². The van der Waals surface area contributed by atoms with Gasteiger partial charge in [-0.1, -0.05) is 189 Å². The van der Waals surface area contributed by atoms with Crippen molar-refractivity contribution in [3.63, 3.8) is 0 Å². The first kappa shape index (κ1) is 64.2. The molecule has 0 amide bonds. The standard InChI is InChI=1S/C56H96O4Si4.2ClH.Zr/c1-35(2)61(36(3)4,37(5)6)57-53-27-28-54(58-62(38(7)8,39(9)10)40(11)12)50-32-47(31-49(50)53)25-26-48-33-51-52(34-48)56(60-64(44(19)20,45(21)22)46(23)24)30-29-55(51)59-63(41(13)14,42(15)16)43(17)18;;;/h27-46H,25-26H2,1-24H3;2*1H;/q-2;;;+4/p-2. The van der Waals surface area contributed by atoms with E-state index in [9.17, 15) is 0 Å². The Hall–Kier alpha value is -0.809. The average molecular weight is 1110 g/mol. The van der Waals surface area contributed by atoms with Crippen LogP contribution in [0.2, 0.25) is 66.5 Å². The zero-order valence-electron chi connectivity index (χ0n) is 46.9. The smallest absolute Gasteiger partial charge is 1.00 e. The predicted octanol–water partition coefficient (Wildman–Crippen LogP) is 13.4. The molecule has 0 saturated carbocycles. The number of fused-ring (bicyclic) bond motifs is 2. The summed E-state index contributed by atoms with van der Waals surface area (Å²) in [5, 5.41) is 4.83. The SMILES string of the molecule is CC(C)[Si](Oc1ccc(O[Si](C(C)C)(C(C)C)C(C)C)c2[cH-]c(CCc3cc4c(O[Si](C(C)C)(C(C)C)C(C)C)ccc(O[Si](C(C)C)(C(C)C)C(C)C)c4[cH-]3)cc12)(C(C)C)C(C)C.[Cl-].[Cl-].[Zr+4]. The van der Waals surface area contributed by atoms with Crippen molar-refractivity contribution in [3.05, 3.63) is 59.7 Å². The fraction of sp³-hybridized carbons (Fsp3) is 0.679. The van der Waals surface area contributed by atoms with Crippen LogP contribution in [-0.2, 0) is 39.0 Å². The van der Waals surface area contributed by atoms with E-state index in [-0.39, 0.29) is 51.0 Å². The van der Waals surface area contributed by atoms with Crippen molar-refractivity contribution in [1.82, 2.24) is 0 Å². The molecular weight excluding hydrogens is 1010 g/mol. The summed E-state index contributed by atoms with van der Waals surface area (Å²) in [6.07, 6.45) is 1.84. The van der Waals surface area contributed by atoms with Crippen LogP contribution in [-0.4, -0.2) is 33.3 Å². The van der Waals surface area contributed by atoms with Gasteiger partial charge in [0.1, 0.15) is 0 Å². The molecule has 0 heterocycles. The molecule has 4 nitrogen and oxygen atoms in total. The first-order valence-electron chi connectivity index (χ1n) is 25.8. The maximum atomic E-state index is 7.52. The van der Waals surface area contributed by atoms with E-state index in [0.29, 0.717) is 66.5 Å². The molecule has 4 rings (SSSR count). The number of halogens is 2. The van der Waals surface area contributed by atoms with Gasteiger partial charge >= 0.3 is 26.2 Å². The zero-order chi connectivity index (χ0) is 48.6. The Kier molecular flexibility index (Phi) is 24.2. The average Bonchev–Trinajstić information content (AvgIpc) is 3.81. The fourth-order valence-corrected chi connectivity index (χ4v) is 34.8. The van der Waals surface area contributed by atoms with E-state index in [0.717, 1.165) is 35.8 Å². The summed E-state index contributed by atoms with van der Waals surface area (Å²) in [6.45, 7) is 57.2. The second kappa shape index (κ2) is 25.2. The van der Waals surface area contributed by atoms with Crippen LogP contribution in [0.3, 0.4) is 0 Å². The molecular formula is C56H96Cl2O4Si4Zr. The third-order valence-electron chi connectivity index (χ3n) is 16.4. The van der Waals surface area contributed by atoms with Gasteiger partial charge in [0, 0.05) is 11.5 Å². The third-order valence-corrected chi connectivity index (χ3v) is 40.4. The van der Waals surface area contributed by atoms with E-state index in [1.165, 1.54) is 32.7 Å². The van der Waals surface area contributed by atoms with Crippen molar-refractivity contribution in [3.8, 4) is 23.0 Å². The minimum Gasteiger partial charge on any atom is -1.00 e. The van der Waals surface area contributed by atoms with Gasteiger partial charge in [-0.3, -0.25) is 0 Å². The van der Waals surface area contributed by atoms with E-state index in [1.807, 2.05) is 0 Å². The van der Waals surface area contributed by atoms with E-state index in [1.54, 1.807) is 0 Å². The molecule has 4 aromatic rings. The van der Waals surface area contributed by atoms with Crippen LogP contribution in [0.15, 0.2) is 48.5 Å². The molecule has 0 fully saturated rings. The molecule has 0 aliphatic rings. The molecule has 0 unspecified atom stereocenters. The Morgan fingerprint density at radius 3 is 0.701 bits per heavy atom. The van der Waals surface area contributed by atoms with Crippen LogP contribution in [0, 0.1) is 0 Å². The van der Waals surface area contributed by atoms with Crippen LogP contribution < -0.4 is 42.5 Å². The molecule has 4 aromatic carbocycles. The minimum absolute atomic E-state index is 0. The predicted molar refractivity (Wildman–Crippen MR) is 293 cm³/mol. The van der Waals surface area contributed by atoms with Gasteiger partial charge in [0.25, 0.3) is 16.6 Å². The summed E-state index contributed by atoms with van der Waals surface area (Å²) in [7, 11) is -8.89. The van der Waals surface area contributed by atoms with Crippen molar-refractivity contribution in [2.24, 2.45) is 0 Å². The van der Waals surface area contributed by atoms with Gasteiger partial charge in [-0.2, -0.15) is 12.1 Å². The van der Waals surface area contributed by atoms with Crippen LogP contribution in [0.25, 0.3) is 21.5 Å². The van der Waals surface area contributed by atoms with Crippen LogP contribution in [0.5, 0.6) is 23.0 Å². The first-order valence-corrected chi connectivity index (χ1v) is 34.4. The van der Waals surface area contributed by atoms with Gasteiger partial charge < -0.3 is 42.5 Å².